The molecule has 1 aliphatic heterocycles. The molecule has 0 spiro atoms. The number of alkyl halides is 2. The van der Waals surface area contributed by atoms with Gasteiger partial charge in [-0.1, -0.05) is 91.0 Å². The molecule has 0 aromatic heterocycles. The monoisotopic (exact) mass is 610 g/mol. The lowest BCUT2D eigenvalue weighted by Gasteiger charge is -2.54. The molecule has 1 saturated heterocycles. The van der Waals surface area contributed by atoms with Gasteiger partial charge in [0.2, 0.25) is 17.7 Å². The predicted octanol–water partition coefficient (Wildman–Crippen LogP) is 6.23. The molecule has 8 heteroatoms. The highest BCUT2D eigenvalue weighted by Crippen LogP contribution is 2.69. The first kappa shape index (κ1) is 27.7. The van der Waals surface area contributed by atoms with Gasteiger partial charge in [0.25, 0.3) is 0 Å². The van der Waals surface area contributed by atoms with Crippen LogP contribution < -0.4 is 10.1 Å². The number of anilines is 1. The summed E-state index contributed by atoms with van der Waals surface area (Å²) >= 11 is 15.2. The maximum absolute atomic E-state index is 14.6. The third-order valence-electron chi connectivity index (χ3n) is 8.95. The Labute approximate surface area is 259 Å². The second-order valence-corrected chi connectivity index (χ2v) is 12.3. The van der Waals surface area contributed by atoms with Crippen LogP contribution >= 0.6 is 23.2 Å². The number of nitrogens with one attached hydrogen (secondary N) is 1. The van der Waals surface area contributed by atoms with Crippen molar-refractivity contribution < 1.29 is 19.1 Å². The van der Waals surface area contributed by atoms with Crippen LogP contribution in [0.5, 0.6) is 5.75 Å². The van der Waals surface area contributed by atoms with E-state index in [-0.39, 0.29) is 6.42 Å². The van der Waals surface area contributed by atoms with E-state index >= 15 is 0 Å². The van der Waals surface area contributed by atoms with Crippen molar-refractivity contribution in [3.8, 4) is 5.75 Å². The van der Waals surface area contributed by atoms with E-state index in [1.165, 1.54) is 0 Å². The zero-order chi connectivity index (χ0) is 29.9. The molecule has 216 valence electrons. The average Bonchev–Trinajstić information content (AvgIpc) is 3.30. The molecule has 4 aromatic rings. The summed E-state index contributed by atoms with van der Waals surface area (Å²) < 4.78 is 5.72. The lowest BCUT2D eigenvalue weighted by molar-refractivity contribution is -0.146. The normalized spacial score (nSPS) is 25.5. The molecular weight excluding hydrogens is 583 g/mol. The number of hydrogen-bond donors (Lipinski definition) is 1. The highest BCUT2D eigenvalue weighted by molar-refractivity contribution is 6.36. The van der Waals surface area contributed by atoms with Gasteiger partial charge in [-0.05, 0) is 46.9 Å². The van der Waals surface area contributed by atoms with Crippen molar-refractivity contribution >= 4 is 46.6 Å². The molecule has 1 N–H and O–H groups in total. The smallest absolute Gasteiger partial charge is 0.248 e. The Morgan fingerprint density at radius 3 is 1.74 bits per heavy atom. The van der Waals surface area contributed by atoms with Gasteiger partial charge >= 0.3 is 0 Å². The minimum absolute atomic E-state index is 0.116. The van der Waals surface area contributed by atoms with Gasteiger partial charge in [-0.15, -0.1) is 23.2 Å². The SMILES string of the molecule is CCOc1ccccc1NC(=O)[C@H](Cc1ccccc1)N1C(=O)[C@@H]2[C@@H](C1=O)C1(Cl)c3ccccc3C2(Cl)c2ccccc21. The van der Waals surface area contributed by atoms with Gasteiger partial charge in [-0.3, -0.25) is 19.3 Å². The first-order valence-electron chi connectivity index (χ1n) is 14.3. The topological polar surface area (TPSA) is 75.7 Å². The molecule has 1 heterocycles. The number of carbonyl (C=O) groups excluding carboxylic acids is 3. The minimum Gasteiger partial charge on any atom is -0.492 e. The first-order chi connectivity index (χ1) is 20.8. The van der Waals surface area contributed by atoms with Crippen LogP contribution in [0, 0.1) is 11.8 Å². The van der Waals surface area contributed by atoms with Gasteiger partial charge in [0.05, 0.1) is 24.1 Å². The number of amides is 3. The number of halogens is 2. The Morgan fingerprint density at radius 1 is 0.767 bits per heavy atom. The van der Waals surface area contributed by atoms with Crippen LogP contribution in [0.3, 0.4) is 0 Å². The summed E-state index contributed by atoms with van der Waals surface area (Å²) in [5.41, 5.74) is 4.10. The van der Waals surface area contributed by atoms with E-state index < -0.39 is 45.3 Å². The second-order valence-electron chi connectivity index (χ2n) is 11.1. The number of rotatable bonds is 7. The third-order valence-corrected chi connectivity index (χ3v) is 10.2. The minimum atomic E-state index is -1.33. The van der Waals surface area contributed by atoms with Crippen LogP contribution in [0.4, 0.5) is 5.69 Å². The fourth-order valence-corrected chi connectivity index (χ4v) is 8.30. The molecule has 0 saturated carbocycles. The van der Waals surface area contributed by atoms with Gasteiger partial charge in [0.1, 0.15) is 21.5 Å². The first-order valence-corrected chi connectivity index (χ1v) is 15.1. The number of benzene rings is 4. The van der Waals surface area contributed by atoms with E-state index in [2.05, 4.69) is 5.32 Å². The number of carbonyl (C=O) groups is 3. The molecule has 3 aliphatic carbocycles. The Hall–Kier alpha value is -4.13. The summed E-state index contributed by atoms with van der Waals surface area (Å²) in [6.07, 6.45) is 0.116. The lowest BCUT2D eigenvalue weighted by atomic mass is 9.54. The van der Waals surface area contributed by atoms with Crippen LogP contribution in [0.25, 0.3) is 0 Å². The molecule has 1 fully saturated rings. The van der Waals surface area contributed by atoms with Crippen LogP contribution in [0.15, 0.2) is 103 Å². The van der Waals surface area contributed by atoms with E-state index in [1.54, 1.807) is 18.2 Å². The van der Waals surface area contributed by atoms with E-state index in [9.17, 15) is 14.4 Å². The van der Waals surface area contributed by atoms with Crippen molar-refractivity contribution in [3.63, 3.8) is 0 Å². The van der Waals surface area contributed by atoms with Crippen molar-refractivity contribution in [1.82, 2.24) is 4.90 Å². The van der Waals surface area contributed by atoms with E-state index in [1.807, 2.05) is 91.9 Å². The molecule has 6 nitrogen and oxygen atoms in total. The molecule has 0 unspecified atom stereocenters. The summed E-state index contributed by atoms with van der Waals surface area (Å²) in [5, 5.41) is 2.93. The molecular formula is C35H28Cl2N2O4. The van der Waals surface area contributed by atoms with Crippen molar-refractivity contribution in [2.45, 2.75) is 29.1 Å². The number of imide groups is 1. The van der Waals surface area contributed by atoms with Crippen LogP contribution in [-0.4, -0.2) is 35.3 Å². The van der Waals surface area contributed by atoms with Gasteiger partial charge in [-0.2, -0.15) is 0 Å². The zero-order valence-electron chi connectivity index (χ0n) is 23.3. The van der Waals surface area contributed by atoms with Crippen LogP contribution in [-0.2, 0) is 30.6 Å². The molecule has 3 atom stereocenters. The third kappa shape index (κ3) is 3.89. The average molecular weight is 612 g/mol. The number of likely N-dealkylation sites (tertiary alicyclic amines) is 1. The summed E-state index contributed by atoms with van der Waals surface area (Å²) in [5.74, 6) is -3.02. The van der Waals surface area contributed by atoms with Crippen molar-refractivity contribution in [1.29, 1.82) is 0 Å². The Bertz CT molecular complexity index is 1650. The van der Waals surface area contributed by atoms with Crippen molar-refractivity contribution in [2.24, 2.45) is 11.8 Å². The summed E-state index contributed by atoms with van der Waals surface area (Å²) in [7, 11) is 0. The summed E-state index contributed by atoms with van der Waals surface area (Å²) in [4.78, 5) is 41.9. The molecule has 2 bridgehead atoms. The Morgan fingerprint density at radius 2 is 1.23 bits per heavy atom. The number of ether oxygens (including phenoxy) is 1. The van der Waals surface area contributed by atoms with E-state index in [4.69, 9.17) is 27.9 Å². The van der Waals surface area contributed by atoms with Gasteiger partial charge in [0.15, 0.2) is 0 Å². The van der Waals surface area contributed by atoms with Crippen molar-refractivity contribution in [3.05, 3.63) is 131 Å². The second kappa shape index (κ2) is 10.2. The highest BCUT2D eigenvalue weighted by Gasteiger charge is 2.73. The molecule has 3 amide bonds. The Balaban J connectivity index is 1.35. The quantitative estimate of drug-likeness (QED) is 0.199. The predicted molar refractivity (Wildman–Crippen MR) is 165 cm³/mol. The molecule has 8 rings (SSSR count). The largest absolute Gasteiger partial charge is 0.492 e. The van der Waals surface area contributed by atoms with Crippen LogP contribution in [0.2, 0.25) is 0 Å². The molecule has 0 radical (unpaired) electrons. The number of hydrogen-bond acceptors (Lipinski definition) is 4. The maximum Gasteiger partial charge on any atom is 0.248 e. The van der Waals surface area contributed by atoms with E-state index in [0.29, 0.717) is 40.3 Å². The molecule has 4 aliphatic rings. The van der Waals surface area contributed by atoms with Gasteiger partial charge in [0, 0.05) is 6.42 Å². The van der Waals surface area contributed by atoms with Crippen LogP contribution in [0.1, 0.15) is 34.7 Å². The summed E-state index contributed by atoms with van der Waals surface area (Å²) in [6.45, 7) is 2.26. The maximum atomic E-state index is 14.6. The lowest BCUT2D eigenvalue weighted by Crippen LogP contribution is -2.57. The fraction of sp³-hybridized carbons (Fsp3) is 0.229. The fourth-order valence-electron chi connectivity index (χ4n) is 7.20. The molecule has 43 heavy (non-hydrogen) atoms. The van der Waals surface area contributed by atoms with Crippen molar-refractivity contribution in [2.75, 3.05) is 11.9 Å². The van der Waals surface area contributed by atoms with E-state index in [0.717, 1.165) is 10.5 Å². The highest BCUT2D eigenvalue weighted by atomic mass is 35.5. The number of nitrogens with zero attached hydrogens (tertiary/aromatic N) is 1. The van der Waals surface area contributed by atoms with Gasteiger partial charge in [-0.25, -0.2) is 0 Å². The Kier molecular flexibility index (Phi) is 6.60. The zero-order valence-corrected chi connectivity index (χ0v) is 24.8. The summed E-state index contributed by atoms with van der Waals surface area (Å²) in [6, 6.07) is 30.2. The molecule has 4 aromatic carbocycles. The van der Waals surface area contributed by atoms with Gasteiger partial charge < -0.3 is 10.1 Å². The number of para-hydroxylation sites is 2. The standard InChI is InChI=1S/C35H28Cl2N2O4/c1-2-43-28-19-11-10-18-26(28)38-31(40)27(20-21-12-4-3-5-13-21)39-32(41)29-30(33(39)42)35(37)23-15-7-6-14-22(23)34(29,36)24-16-8-9-17-25(24)35/h3-19,27,29-30H,2,20H2,1H3,(H,38,40)/t27-,29-,30-,34?,35?/m0/s1.